The molecule has 0 bridgehead atoms. The predicted molar refractivity (Wildman–Crippen MR) is 83.1 cm³/mol. The van der Waals surface area contributed by atoms with Crippen LogP contribution in [0.25, 0.3) is 11.3 Å². The molecule has 0 atom stereocenters. The molecule has 1 N–H and O–H groups in total. The summed E-state index contributed by atoms with van der Waals surface area (Å²) in [6.07, 6.45) is 1.02. The van der Waals surface area contributed by atoms with Crippen molar-refractivity contribution < 1.29 is 0 Å². The van der Waals surface area contributed by atoms with Gasteiger partial charge in [-0.15, -0.1) is 11.3 Å². The fraction of sp³-hybridized carbons (Fsp3) is 0.357. The van der Waals surface area contributed by atoms with Crippen molar-refractivity contribution in [2.75, 3.05) is 31.1 Å². The van der Waals surface area contributed by atoms with Crippen LogP contribution < -0.4 is 10.2 Å². The lowest BCUT2D eigenvalue weighted by molar-refractivity contribution is 0.588. The van der Waals surface area contributed by atoms with E-state index in [0.717, 1.165) is 32.6 Å². The molecule has 0 saturated carbocycles. The molecule has 5 heteroatoms. The van der Waals surface area contributed by atoms with Crippen LogP contribution in [0.5, 0.6) is 0 Å². The molecule has 2 aliphatic rings. The van der Waals surface area contributed by atoms with Gasteiger partial charge in [-0.2, -0.15) is 0 Å². The Hall–Kier alpha value is -0.910. The van der Waals surface area contributed by atoms with E-state index in [9.17, 15) is 0 Å². The number of aromatic nitrogens is 1. The molecular formula is C14H14BrN3S. The smallest absolute Gasteiger partial charge is 0.186 e. The first-order chi connectivity index (χ1) is 9.33. The molecule has 0 spiro atoms. The molecule has 1 saturated heterocycles. The summed E-state index contributed by atoms with van der Waals surface area (Å²) in [5, 5.41) is 4.58. The molecule has 3 nitrogen and oxygen atoms in total. The van der Waals surface area contributed by atoms with E-state index in [-0.39, 0.29) is 0 Å². The van der Waals surface area contributed by atoms with Crippen molar-refractivity contribution in [2.45, 2.75) is 6.42 Å². The Bertz CT molecular complexity index is 632. The minimum absolute atomic E-state index is 1.02. The third-order valence-electron chi connectivity index (χ3n) is 3.78. The largest absolute Gasteiger partial charge is 0.346 e. The number of hydrogen-bond donors (Lipinski definition) is 1. The second-order valence-electron chi connectivity index (χ2n) is 4.95. The lowest BCUT2D eigenvalue weighted by atomic mass is 10.1. The number of nitrogens with zero attached hydrogens (tertiary/aromatic N) is 2. The van der Waals surface area contributed by atoms with Crippen molar-refractivity contribution >= 4 is 32.4 Å². The standard InChI is InChI=1S/C14H14BrN3S/c15-11-3-1-2-9-10(11)8-12-13(9)17-14(19-12)18-6-4-16-5-7-18/h1-3,16H,4-8H2. The van der Waals surface area contributed by atoms with Crippen molar-refractivity contribution in [3.63, 3.8) is 0 Å². The molecule has 1 aromatic carbocycles. The van der Waals surface area contributed by atoms with Crippen LogP contribution >= 0.6 is 27.3 Å². The molecule has 1 aliphatic heterocycles. The maximum absolute atomic E-state index is 4.89. The first-order valence-electron chi connectivity index (χ1n) is 6.56. The Morgan fingerprint density at radius 2 is 2.11 bits per heavy atom. The highest BCUT2D eigenvalue weighted by Crippen LogP contribution is 2.44. The molecule has 19 heavy (non-hydrogen) atoms. The number of halogens is 1. The molecule has 98 valence electrons. The van der Waals surface area contributed by atoms with Gasteiger partial charge in [0, 0.05) is 47.5 Å². The van der Waals surface area contributed by atoms with E-state index in [1.165, 1.54) is 31.3 Å². The van der Waals surface area contributed by atoms with Crippen LogP contribution in [0.1, 0.15) is 10.4 Å². The van der Waals surface area contributed by atoms with E-state index >= 15 is 0 Å². The number of piperazine rings is 1. The summed E-state index contributed by atoms with van der Waals surface area (Å²) in [4.78, 5) is 8.71. The fourth-order valence-corrected chi connectivity index (χ4v) is 4.43. The van der Waals surface area contributed by atoms with Crippen LogP contribution in [-0.4, -0.2) is 31.2 Å². The summed E-state index contributed by atoms with van der Waals surface area (Å²) in [7, 11) is 0. The van der Waals surface area contributed by atoms with Crippen LogP contribution in [0.4, 0.5) is 5.13 Å². The Labute approximate surface area is 124 Å². The van der Waals surface area contributed by atoms with Crippen molar-refractivity contribution in [1.29, 1.82) is 0 Å². The van der Waals surface area contributed by atoms with Gasteiger partial charge in [0.15, 0.2) is 5.13 Å². The summed E-state index contributed by atoms with van der Waals surface area (Å²) >= 11 is 5.50. The molecule has 2 heterocycles. The van der Waals surface area contributed by atoms with Gasteiger partial charge in [-0.05, 0) is 11.6 Å². The van der Waals surface area contributed by atoms with Gasteiger partial charge in [0.05, 0.1) is 5.69 Å². The zero-order valence-corrected chi connectivity index (χ0v) is 12.9. The second kappa shape index (κ2) is 4.58. The van der Waals surface area contributed by atoms with E-state index < -0.39 is 0 Å². The van der Waals surface area contributed by atoms with E-state index in [1.54, 1.807) is 0 Å². The maximum atomic E-state index is 4.89. The van der Waals surface area contributed by atoms with Gasteiger partial charge < -0.3 is 10.2 Å². The minimum atomic E-state index is 1.02. The first-order valence-corrected chi connectivity index (χ1v) is 8.17. The summed E-state index contributed by atoms with van der Waals surface area (Å²) < 4.78 is 1.21. The monoisotopic (exact) mass is 335 g/mol. The molecule has 2 aromatic rings. The van der Waals surface area contributed by atoms with Gasteiger partial charge >= 0.3 is 0 Å². The number of benzene rings is 1. The van der Waals surface area contributed by atoms with Crippen LogP contribution in [0, 0.1) is 0 Å². The van der Waals surface area contributed by atoms with Gasteiger partial charge in [-0.1, -0.05) is 28.1 Å². The third kappa shape index (κ3) is 1.91. The average Bonchev–Trinajstić information content (AvgIpc) is 2.99. The normalized spacial score (nSPS) is 17.4. The average molecular weight is 336 g/mol. The molecule has 1 aliphatic carbocycles. The summed E-state index contributed by atoms with van der Waals surface area (Å²) in [6.45, 7) is 4.26. The summed E-state index contributed by atoms with van der Waals surface area (Å²) in [5.74, 6) is 0. The predicted octanol–water partition coefficient (Wildman–Crippen LogP) is 2.89. The zero-order chi connectivity index (χ0) is 12.8. The Kier molecular flexibility index (Phi) is 2.86. The summed E-state index contributed by atoms with van der Waals surface area (Å²) in [5.41, 5.74) is 3.90. The second-order valence-corrected chi connectivity index (χ2v) is 6.86. The molecule has 4 rings (SSSR count). The van der Waals surface area contributed by atoms with Crippen molar-refractivity contribution in [3.05, 3.63) is 33.1 Å². The minimum Gasteiger partial charge on any atom is -0.346 e. The molecule has 1 aromatic heterocycles. The van der Waals surface area contributed by atoms with E-state index in [0.29, 0.717) is 0 Å². The van der Waals surface area contributed by atoms with Crippen molar-refractivity contribution in [2.24, 2.45) is 0 Å². The van der Waals surface area contributed by atoms with E-state index in [1.807, 2.05) is 11.3 Å². The number of thiazole rings is 1. The zero-order valence-electron chi connectivity index (χ0n) is 10.4. The molecule has 0 radical (unpaired) electrons. The molecule has 0 amide bonds. The van der Waals surface area contributed by atoms with Crippen LogP contribution in [-0.2, 0) is 6.42 Å². The van der Waals surface area contributed by atoms with Gasteiger partial charge in [0.2, 0.25) is 0 Å². The first kappa shape index (κ1) is 11.9. The van der Waals surface area contributed by atoms with E-state index in [2.05, 4.69) is 44.3 Å². The SMILES string of the molecule is Brc1cccc2c1Cc1sc(N3CCNCC3)nc1-2. The van der Waals surface area contributed by atoms with Gasteiger partial charge in [0.1, 0.15) is 0 Å². The number of anilines is 1. The highest BCUT2D eigenvalue weighted by Gasteiger charge is 2.26. The number of nitrogens with one attached hydrogen (secondary N) is 1. The van der Waals surface area contributed by atoms with Crippen molar-refractivity contribution in [3.8, 4) is 11.3 Å². The fourth-order valence-electron chi connectivity index (χ4n) is 2.78. The van der Waals surface area contributed by atoms with Crippen molar-refractivity contribution in [1.82, 2.24) is 10.3 Å². The molecule has 1 fully saturated rings. The molecule has 0 unspecified atom stereocenters. The quantitative estimate of drug-likeness (QED) is 0.741. The Balaban J connectivity index is 1.73. The number of hydrogen-bond acceptors (Lipinski definition) is 4. The Morgan fingerprint density at radius 3 is 2.95 bits per heavy atom. The highest BCUT2D eigenvalue weighted by atomic mass is 79.9. The number of fused-ring (bicyclic) bond motifs is 3. The molecular weight excluding hydrogens is 322 g/mol. The maximum Gasteiger partial charge on any atom is 0.186 e. The van der Waals surface area contributed by atoms with Gasteiger partial charge in [-0.3, -0.25) is 0 Å². The third-order valence-corrected chi connectivity index (χ3v) is 5.64. The lowest BCUT2D eigenvalue weighted by Crippen LogP contribution is -2.43. The highest BCUT2D eigenvalue weighted by molar-refractivity contribution is 9.10. The lowest BCUT2D eigenvalue weighted by Gasteiger charge is -2.26. The van der Waals surface area contributed by atoms with Gasteiger partial charge in [-0.25, -0.2) is 4.98 Å². The number of rotatable bonds is 1. The van der Waals surface area contributed by atoms with Crippen LogP contribution in [0.3, 0.4) is 0 Å². The van der Waals surface area contributed by atoms with Crippen LogP contribution in [0.15, 0.2) is 22.7 Å². The van der Waals surface area contributed by atoms with E-state index in [4.69, 9.17) is 4.98 Å². The summed E-state index contributed by atoms with van der Waals surface area (Å²) in [6, 6.07) is 6.40. The topological polar surface area (TPSA) is 28.2 Å². The van der Waals surface area contributed by atoms with Gasteiger partial charge in [0.25, 0.3) is 0 Å². The van der Waals surface area contributed by atoms with Crippen LogP contribution in [0.2, 0.25) is 0 Å². The Morgan fingerprint density at radius 1 is 1.26 bits per heavy atom.